The van der Waals surface area contributed by atoms with Gasteiger partial charge in [0.25, 0.3) is 5.91 Å². The van der Waals surface area contributed by atoms with Crippen LogP contribution in [0.25, 0.3) is 0 Å². The van der Waals surface area contributed by atoms with Crippen LogP contribution < -0.4 is 0 Å². The van der Waals surface area contributed by atoms with Gasteiger partial charge >= 0.3 is 5.97 Å². The minimum Gasteiger partial charge on any atom is -0.481 e. The fraction of sp³-hybridized carbons (Fsp3) is 0.500. The molecule has 21 heavy (non-hydrogen) atoms. The number of nitrogens with zero attached hydrogens (tertiary/aromatic N) is 1. The average molecular weight is 399 g/mol. The Morgan fingerprint density at radius 3 is 2.57 bits per heavy atom. The summed E-state index contributed by atoms with van der Waals surface area (Å²) in [4.78, 5) is 25.6. The molecule has 2 fully saturated rings. The number of carbonyl (C=O) groups excluding carboxylic acids is 1. The first-order valence-corrected chi connectivity index (χ1v) is 8.30. The molecule has 0 radical (unpaired) electrons. The number of amides is 1. The summed E-state index contributed by atoms with van der Waals surface area (Å²) in [5.74, 6) is -0.786. The molecular weight excluding hydrogens is 381 g/mol. The van der Waals surface area contributed by atoms with Gasteiger partial charge in [0, 0.05) is 22.2 Å². The summed E-state index contributed by atoms with van der Waals surface area (Å²) in [6.07, 6.45) is 2.42. The molecule has 1 aromatic carbocycles. The van der Waals surface area contributed by atoms with Crippen molar-refractivity contribution in [1.82, 2.24) is 4.90 Å². The van der Waals surface area contributed by atoms with Crippen LogP contribution in [0.3, 0.4) is 0 Å². The van der Waals surface area contributed by atoms with E-state index in [4.69, 9.17) is 5.11 Å². The van der Waals surface area contributed by atoms with Crippen LogP contribution in [0.4, 0.5) is 0 Å². The van der Waals surface area contributed by atoms with Gasteiger partial charge in [-0.1, -0.05) is 6.07 Å². The monoisotopic (exact) mass is 399 g/mol. The lowest BCUT2D eigenvalue weighted by Gasteiger charge is -2.33. The van der Waals surface area contributed by atoms with Crippen LogP contribution in [-0.4, -0.2) is 35.0 Å². The van der Waals surface area contributed by atoms with Gasteiger partial charge in [-0.05, 0) is 71.9 Å². The third kappa shape index (κ3) is 2.56. The van der Waals surface area contributed by atoms with Crippen molar-refractivity contribution in [2.45, 2.75) is 26.2 Å². The van der Waals surface area contributed by atoms with Gasteiger partial charge < -0.3 is 10.0 Å². The van der Waals surface area contributed by atoms with Crippen LogP contribution in [0.5, 0.6) is 0 Å². The van der Waals surface area contributed by atoms with E-state index in [1.807, 2.05) is 30.0 Å². The lowest BCUT2D eigenvalue weighted by Crippen LogP contribution is -2.40. The van der Waals surface area contributed by atoms with Crippen molar-refractivity contribution < 1.29 is 14.7 Å². The Morgan fingerprint density at radius 1 is 1.33 bits per heavy atom. The van der Waals surface area contributed by atoms with Gasteiger partial charge in [0.1, 0.15) is 0 Å². The van der Waals surface area contributed by atoms with E-state index < -0.39 is 5.97 Å². The molecule has 1 aliphatic carbocycles. The van der Waals surface area contributed by atoms with Crippen LogP contribution >= 0.6 is 22.6 Å². The van der Waals surface area contributed by atoms with Gasteiger partial charge in [0.05, 0.1) is 5.92 Å². The van der Waals surface area contributed by atoms with Crippen molar-refractivity contribution in [3.63, 3.8) is 0 Å². The Hall–Kier alpha value is -1.11. The molecule has 4 nitrogen and oxygen atoms in total. The summed E-state index contributed by atoms with van der Waals surface area (Å²) in [6, 6.07) is 5.79. The molecule has 1 N–H and O–H groups in total. The molecule has 112 valence electrons. The van der Waals surface area contributed by atoms with E-state index in [2.05, 4.69) is 22.6 Å². The summed E-state index contributed by atoms with van der Waals surface area (Å²) in [5.41, 5.74) is 1.77. The van der Waals surface area contributed by atoms with Crippen molar-refractivity contribution in [3.8, 4) is 0 Å². The van der Waals surface area contributed by atoms with Crippen LogP contribution in [0.15, 0.2) is 18.2 Å². The molecule has 3 rings (SSSR count). The molecule has 1 unspecified atom stereocenters. The lowest BCUT2D eigenvalue weighted by molar-refractivity contribution is -0.139. The predicted molar refractivity (Wildman–Crippen MR) is 87.2 cm³/mol. The van der Waals surface area contributed by atoms with E-state index in [9.17, 15) is 9.59 Å². The summed E-state index contributed by atoms with van der Waals surface area (Å²) < 4.78 is 1.10. The molecule has 1 aromatic rings. The SMILES string of the molecule is Cc1c(I)cccc1C(=O)N1CCC2(CC1)CC2C(=O)O. The predicted octanol–water partition coefficient (Wildman–Crippen LogP) is 2.93. The summed E-state index contributed by atoms with van der Waals surface area (Å²) in [6.45, 7) is 3.32. The number of hydrogen-bond acceptors (Lipinski definition) is 2. The molecule has 1 saturated carbocycles. The minimum absolute atomic E-state index is 0.0250. The molecule has 1 saturated heterocycles. The second-order valence-electron chi connectivity index (χ2n) is 6.16. The number of piperidine rings is 1. The minimum atomic E-state index is -0.678. The Balaban J connectivity index is 1.69. The zero-order valence-corrected chi connectivity index (χ0v) is 14.1. The average Bonchev–Trinajstić information content (AvgIpc) is 3.16. The zero-order chi connectivity index (χ0) is 15.2. The van der Waals surface area contributed by atoms with Gasteiger partial charge in [-0.3, -0.25) is 9.59 Å². The molecule has 1 atom stereocenters. The highest BCUT2D eigenvalue weighted by molar-refractivity contribution is 14.1. The number of benzene rings is 1. The number of halogens is 1. The van der Waals surface area contributed by atoms with Gasteiger partial charge in [-0.15, -0.1) is 0 Å². The molecule has 1 heterocycles. The molecule has 0 bridgehead atoms. The number of aliphatic carboxylic acids is 1. The van der Waals surface area contributed by atoms with Crippen LogP contribution in [-0.2, 0) is 4.79 Å². The van der Waals surface area contributed by atoms with Crippen LogP contribution in [0.2, 0.25) is 0 Å². The second-order valence-corrected chi connectivity index (χ2v) is 7.32. The summed E-state index contributed by atoms with van der Waals surface area (Å²) in [7, 11) is 0. The number of rotatable bonds is 2. The summed E-state index contributed by atoms with van der Waals surface area (Å²) >= 11 is 2.24. The molecule has 1 spiro atoms. The number of carboxylic acids is 1. The topological polar surface area (TPSA) is 57.6 Å². The normalized spacial score (nSPS) is 23.1. The molecule has 0 aromatic heterocycles. The van der Waals surface area contributed by atoms with E-state index in [0.29, 0.717) is 13.1 Å². The van der Waals surface area contributed by atoms with Crippen molar-refractivity contribution >= 4 is 34.5 Å². The lowest BCUT2D eigenvalue weighted by atomic mass is 9.90. The first-order valence-electron chi connectivity index (χ1n) is 7.22. The van der Waals surface area contributed by atoms with Gasteiger partial charge in [0.15, 0.2) is 0 Å². The van der Waals surface area contributed by atoms with Gasteiger partial charge in [0.2, 0.25) is 0 Å². The fourth-order valence-corrected chi connectivity index (χ4v) is 3.91. The standard InChI is InChI=1S/C16H18INO3/c1-10-11(3-2-4-13(10)17)14(19)18-7-5-16(6-8-18)9-12(16)15(20)21/h2-4,12H,5-9H2,1H3,(H,20,21). The fourth-order valence-electron chi connectivity index (χ4n) is 3.41. The highest BCUT2D eigenvalue weighted by Crippen LogP contribution is 2.59. The van der Waals surface area contributed by atoms with E-state index in [0.717, 1.165) is 34.0 Å². The maximum absolute atomic E-state index is 12.6. The van der Waals surface area contributed by atoms with Crippen LogP contribution in [0, 0.1) is 21.8 Å². The Labute approximate surface area is 137 Å². The highest BCUT2D eigenvalue weighted by Gasteiger charge is 2.59. The van der Waals surface area contributed by atoms with E-state index in [1.54, 1.807) is 0 Å². The van der Waals surface area contributed by atoms with Gasteiger partial charge in [-0.2, -0.15) is 0 Å². The smallest absolute Gasteiger partial charge is 0.307 e. The first kappa shape index (κ1) is 14.8. The Bertz CT molecular complexity index is 606. The quantitative estimate of drug-likeness (QED) is 0.779. The molecule has 1 aliphatic heterocycles. The van der Waals surface area contributed by atoms with E-state index in [1.165, 1.54) is 0 Å². The number of carboxylic acid groups (broad SMARTS) is 1. The first-order chi connectivity index (χ1) is 9.94. The van der Waals surface area contributed by atoms with Gasteiger partial charge in [-0.25, -0.2) is 0 Å². The van der Waals surface area contributed by atoms with Crippen molar-refractivity contribution in [2.24, 2.45) is 11.3 Å². The third-order valence-corrected chi connectivity index (χ3v) is 6.20. The van der Waals surface area contributed by atoms with E-state index in [-0.39, 0.29) is 17.2 Å². The van der Waals surface area contributed by atoms with Crippen LogP contribution in [0.1, 0.15) is 35.2 Å². The zero-order valence-electron chi connectivity index (χ0n) is 11.9. The van der Waals surface area contributed by atoms with Crippen molar-refractivity contribution in [3.05, 3.63) is 32.9 Å². The van der Waals surface area contributed by atoms with Crippen molar-refractivity contribution in [1.29, 1.82) is 0 Å². The number of carbonyl (C=O) groups is 2. The Kier molecular flexibility index (Phi) is 3.71. The second kappa shape index (κ2) is 5.26. The largest absolute Gasteiger partial charge is 0.481 e. The maximum atomic E-state index is 12.6. The Morgan fingerprint density at radius 2 is 2.00 bits per heavy atom. The third-order valence-electron chi connectivity index (χ3n) is 5.03. The molecule has 5 heteroatoms. The molecule has 2 aliphatic rings. The number of likely N-dealkylation sites (tertiary alicyclic amines) is 1. The molecule has 1 amide bonds. The highest BCUT2D eigenvalue weighted by atomic mass is 127. The number of hydrogen-bond donors (Lipinski definition) is 1. The maximum Gasteiger partial charge on any atom is 0.307 e. The summed E-state index contributed by atoms with van der Waals surface area (Å²) in [5, 5.41) is 9.11. The van der Waals surface area contributed by atoms with E-state index >= 15 is 0 Å². The van der Waals surface area contributed by atoms with Crippen molar-refractivity contribution in [2.75, 3.05) is 13.1 Å². The molecular formula is C16H18INO3.